The molecule has 1 atom stereocenters. The Morgan fingerprint density at radius 3 is 2.67 bits per heavy atom. The first-order chi connectivity index (χ1) is 8.68. The molecule has 0 aliphatic rings. The molecule has 0 saturated carbocycles. The Morgan fingerprint density at radius 1 is 1.22 bits per heavy atom. The number of hydrogen-bond acceptors (Lipinski definition) is 4. The van der Waals surface area contributed by atoms with E-state index in [-0.39, 0.29) is 6.04 Å². The van der Waals surface area contributed by atoms with Crippen molar-refractivity contribution in [3.63, 3.8) is 0 Å². The highest BCUT2D eigenvalue weighted by Crippen LogP contribution is 2.18. The predicted molar refractivity (Wildman–Crippen MR) is 76.4 cm³/mol. The van der Waals surface area contributed by atoms with E-state index in [0.29, 0.717) is 10.8 Å². The Balaban J connectivity index is 2.22. The second-order valence-corrected chi connectivity index (χ2v) is 4.32. The Bertz CT molecular complexity index is 542. The minimum Gasteiger partial charge on any atom is -0.389 e. The van der Waals surface area contributed by atoms with Crippen molar-refractivity contribution in [2.75, 3.05) is 5.32 Å². The van der Waals surface area contributed by atoms with Gasteiger partial charge in [-0.3, -0.25) is 4.98 Å². The molecule has 2 aromatic rings. The average Bonchev–Trinajstić information content (AvgIpc) is 2.40. The maximum Gasteiger partial charge on any atom is 0.136 e. The van der Waals surface area contributed by atoms with E-state index >= 15 is 0 Å². The number of rotatable bonds is 4. The average molecular weight is 258 g/mol. The Morgan fingerprint density at radius 2 is 2.00 bits per heavy atom. The third kappa shape index (κ3) is 2.81. The van der Waals surface area contributed by atoms with Gasteiger partial charge in [0, 0.05) is 12.4 Å². The zero-order valence-corrected chi connectivity index (χ0v) is 10.8. The molecule has 0 saturated heterocycles. The number of nitrogens with one attached hydrogen (secondary N) is 1. The summed E-state index contributed by atoms with van der Waals surface area (Å²) in [5, 5.41) is 3.27. The fraction of sp³-hybridized carbons (Fsp3) is 0.154. The maximum atomic E-state index is 5.66. The molecule has 0 fully saturated rings. The van der Waals surface area contributed by atoms with E-state index < -0.39 is 0 Å². The summed E-state index contributed by atoms with van der Waals surface area (Å²) in [5.74, 6) is 0.683. The molecule has 0 bridgehead atoms. The van der Waals surface area contributed by atoms with Crippen molar-refractivity contribution in [2.24, 2.45) is 5.73 Å². The molecule has 2 heterocycles. The van der Waals surface area contributed by atoms with Crippen molar-refractivity contribution in [1.29, 1.82) is 0 Å². The molecule has 2 rings (SSSR count). The normalized spacial score (nSPS) is 11.8. The van der Waals surface area contributed by atoms with Gasteiger partial charge in [-0.25, -0.2) is 4.98 Å². The lowest BCUT2D eigenvalue weighted by Crippen LogP contribution is -2.16. The van der Waals surface area contributed by atoms with Gasteiger partial charge in [-0.2, -0.15) is 0 Å². The third-order valence-corrected chi connectivity index (χ3v) is 2.78. The van der Waals surface area contributed by atoms with Crippen molar-refractivity contribution in [3.05, 3.63) is 54.0 Å². The summed E-state index contributed by atoms with van der Waals surface area (Å²) in [4.78, 5) is 8.89. The second-order valence-electron chi connectivity index (χ2n) is 3.88. The number of aromatic nitrogens is 2. The van der Waals surface area contributed by atoms with E-state index in [2.05, 4.69) is 15.3 Å². The number of pyridine rings is 2. The highest BCUT2D eigenvalue weighted by Gasteiger charge is 2.11. The van der Waals surface area contributed by atoms with Gasteiger partial charge >= 0.3 is 0 Å². The molecule has 0 amide bonds. The van der Waals surface area contributed by atoms with Crippen LogP contribution in [0, 0.1) is 0 Å². The topological polar surface area (TPSA) is 63.8 Å². The standard InChI is InChI=1S/C13H14N4S/c1-9(11-6-2-3-7-15-11)17-13-10(12(14)18)5-4-8-16-13/h2-9H,1H3,(H2,14,18)(H,16,17). The zero-order chi connectivity index (χ0) is 13.0. The van der Waals surface area contributed by atoms with Crippen LogP contribution in [-0.2, 0) is 0 Å². The second kappa shape index (κ2) is 5.55. The Kier molecular flexibility index (Phi) is 3.84. The molecular formula is C13H14N4S. The van der Waals surface area contributed by atoms with Crippen molar-refractivity contribution >= 4 is 23.0 Å². The fourth-order valence-electron chi connectivity index (χ4n) is 1.63. The van der Waals surface area contributed by atoms with Crippen molar-refractivity contribution < 1.29 is 0 Å². The summed E-state index contributed by atoms with van der Waals surface area (Å²) in [6.45, 7) is 2.01. The molecular weight excluding hydrogens is 244 g/mol. The van der Waals surface area contributed by atoms with Crippen LogP contribution in [0.25, 0.3) is 0 Å². The molecule has 0 radical (unpaired) electrons. The van der Waals surface area contributed by atoms with E-state index in [9.17, 15) is 0 Å². The highest BCUT2D eigenvalue weighted by atomic mass is 32.1. The molecule has 4 nitrogen and oxygen atoms in total. The van der Waals surface area contributed by atoms with Crippen LogP contribution < -0.4 is 11.1 Å². The Hall–Kier alpha value is -2.01. The largest absolute Gasteiger partial charge is 0.389 e. The maximum absolute atomic E-state index is 5.66. The summed E-state index contributed by atoms with van der Waals surface area (Å²) in [6, 6.07) is 9.49. The molecule has 18 heavy (non-hydrogen) atoms. The van der Waals surface area contributed by atoms with Gasteiger partial charge in [-0.1, -0.05) is 18.3 Å². The molecule has 2 aromatic heterocycles. The summed E-state index contributed by atoms with van der Waals surface area (Å²) in [6.07, 6.45) is 3.47. The summed E-state index contributed by atoms with van der Waals surface area (Å²) in [7, 11) is 0. The van der Waals surface area contributed by atoms with Crippen molar-refractivity contribution in [3.8, 4) is 0 Å². The van der Waals surface area contributed by atoms with Crippen LogP contribution in [0.15, 0.2) is 42.7 Å². The monoisotopic (exact) mass is 258 g/mol. The van der Waals surface area contributed by atoms with Crippen LogP contribution in [0.5, 0.6) is 0 Å². The van der Waals surface area contributed by atoms with Gasteiger partial charge in [-0.15, -0.1) is 0 Å². The van der Waals surface area contributed by atoms with Gasteiger partial charge in [0.05, 0.1) is 17.3 Å². The molecule has 0 spiro atoms. The first-order valence-corrected chi connectivity index (χ1v) is 6.01. The van der Waals surface area contributed by atoms with E-state index in [0.717, 1.165) is 11.3 Å². The minimum absolute atomic E-state index is 0.0363. The van der Waals surface area contributed by atoms with E-state index in [4.69, 9.17) is 18.0 Å². The first-order valence-electron chi connectivity index (χ1n) is 5.61. The van der Waals surface area contributed by atoms with Crippen LogP contribution in [-0.4, -0.2) is 15.0 Å². The van der Waals surface area contributed by atoms with Crippen LogP contribution in [0.2, 0.25) is 0 Å². The molecule has 0 aliphatic carbocycles. The van der Waals surface area contributed by atoms with Crippen LogP contribution >= 0.6 is 12.2 Å². The zero-order valence-electron chi connectivity index (χ0n) is 10.00. The molecule has 0 aromatic carbocycles. The summed E-state index contributed by atoms with van der Waals surface area (Å²) >= 11 is 5.00. The fourth-order valence-corrected chi connectivity index (χ4v) is 1.79. The molecule has 92 valence electrons. The Labute approximate surface area is 111 Å². The van der Waals surface area contributed by atoms with E-state index in [1.54, 1.807) is 12.4 Å². The number of hydrogen-bond donors (Lipinski definition) is 2. The lowest BCUT2D eigenvalue weighted by molar-refractivity contribution is 0.831. The first kappa shape index (κ1) is 12.4. The van der Waals surface area contributed by atoms with Gasteiger partial charge in [0.15, 0.2) is 0 Å². The quantitative estimate of drug-likeness (QED) is 0.824. The van der Waals surface area contributed by atoms with Gasteiger partial charge in [0.25, 0.3) is 0 Å². The van der Waals surface area contributed by atoms with Crippen LogP contribution in [0.4, 0.5) is 5.82 Å². The van der Waals surface area contributed by atoms with Gasteiger partial charge in [0.2, 0.25) is 0 Å². The van der Waals surface area contributed by atoms with Gasteiger partial charge in [-0.05, 0) is 31.2 Å². The van der Waals surface area contributed by atoms with Gasteiger partial charge < -0.3 is 11.1 Å². The predicted octanol–water partition coefficient (Wildman–Crippen LogP) is 2.28. The molecule has 0 aliphatic heterocycles. The lowest BCUT2D eigenvalue weighted by atomic mass is 10.2. The summed E-state index contributed by atoms with van der Waals surface area (Å²) < 4.78 is 0. The molecule has 3 N–H and O–H groups in total. The van der Waals surface area contributed by atoms with E-state index in [1.165, 1.54) is 0 Å². The number of nitrogens with zero attached hydrogens (tertiary/aromatic N) is 2. The van der Waals surface area contributed by atoms with E-state index in [1.807, 2.05) is 37.3 Å². The smallest absolute Gasteiger partial charge is 0.136 e. The van der Waals surface area contributed by atoms with Crippen LogP contribution in [0.1, 0.15) is 24.2 Å². The lowest BCUT2D eigenvalue weighted by Gasteiger charge is -2.16. The van der Waals surface area contributed by atoms with Crippen LogP contribution in [0.3, 0.4) is 0 Å². The third-order valence-electron chi connectivity index (χ3n) is 2.56. The van der Waals surface area contributed by atoms with Crippen molar-refractivity contribution in [2.45, 2.75) is 13.0 Å². The van der Waals surface area contributed by atoms with Gasteiger partial charge in [0.1, 0.15) is 10.8 Å². The minimum atomic E-state index is 0.0363. The number of anilines is 1. The number of nitrogens with two attached hydrogens (primary N) is 1. The SMILES string of the molecule is CC(Nc1ncccc1C(N)=S)c1ccccn1. The molecule has 1 unspecified atom stereocenters. The molecule has 5 heteroatoms. The summed E-state index contributed by atoms with van der Waals surface area (Å²) in [5.41, 5.74) is 7.35. The highest BCUT2D eigenvalue weighted by molar-refractivity contribution is 7.80. The van der Waals surface area contributed by atoms with Crippen molar-refractivity contribution in [1.82, 2.24) is 9.97 Å². The number of thiocarbonyl (C=S) groups is 1.